The summed E-state index contributed by atoms with van der Waals surface area (Å²) in [5, 5.41) is 7.49. The zero-order valence-corrected chi connectivity index (χ0v) is 17.2. The van der Waals surface area contributed by atoms with E-state index in [4.69, 9.17) is 0 Å². The predicted octanol–water partition coefficient (Wildman–Crippen LogP) is 4.19. The van der Waals surface area contributed by atoms with Crippen LogP contribution in [0.1, 0.15) is 52.6 Å². The zero-order chi connectivity index (χ0) is 20.5. The number of amides is 1. The summed E-state index contributed by atoms with van der Waals surface area (Å²) >= 11 is 0. The minimum Gasteiger partial charge on any atom is -0.346 e. The van der Waals surface area contributed by atoms with Gasteiger partial charge in [-0.3, -0.25) is 4.79 Å². The number of hydrogen-bond acceptors (Lipinski definition) is 3. The average molecular weight is 387 g/mol. The van der Waals surface area contributed by atoms with Crippen molar-refractivity contribution in [2.45, 2.75) is 40.2 Å². The van der Waals surface area contributed by atoms with E-state index in [-0.39, 0.29) is 11.8 Å². The molecule has 0 saturated heterocycles. The Bertz CT molecular complexity index is 1170. The molecule has 29 heavy (non-hydrogen) atoms. The number of nitrogens with zero attached hydrogens (tertiary/aromatic N) is 4. The lowest BCUT2D eigenvalue weighted by Crippen LogP contribution is -2.24. The second-order valence-corrected chi connectivity index (χ2v) is 7.68. The van der Waals surface area contributed by atoms with Gasteiger partial charge in [0.1, 0.15) is 5.65 Å². The molecule has 0 saturated carbocycles. The van der Waals surface area contributed by atoms with Crippen molar-refractivity contribution in [2.75, 3.05) is 0 Å². The molecule has 0 radical (unpaired) electrons. The van der Waals surface area contributed by atoms with Crippen molar-refractivity contribution in [3.05, 3.63) is 83.1 Å². The molecule has 1 N–H and O–H groups in total. The first-order valence-electron chi connectivity index (χ1n) is 9.80. The summed E-state index contributed by atoms with van der Waals surface area (Å²) in [5.41, 5.74) is 6.47. The number of aromatic nitrogens is 4. The number of rotatable bonds is 5. The van der Waals surface area contributed by atoms with Crippen LogP contribution in [0, 0.1) is 13.8 Å². The van der Waals surface area contributed by atoms with Crippen LogP contribution in [0.5, 0.6) is 0 Å². The fraction of sp³-hybridized carbons (Fsp3) is 0.261. The molecule has 0 aliphatic carbocycles. The van der Waals surface area contributed by atoms with Gasteiger partial charge in [-0.1, -0.05) is 37.6 Å². The standard InChI is InChI=1S/C23H25N5O/c1-15(2)21-20(13-25-28(21)19-9-7-16(3)8-10-19)23(29)24-12-18-14-27-11-5-6-17(4)22(27)26-18/h5-11,13-15H,12H2,1-4H3,(H,24,29). The highest BCUT2D eigenvalue weighted by Gasteiger charge is 2.21. The third-order valence-corrected chi connectivity index (χ3v) is 5.03. The van der Waals surface area contributed by atoms with Gasteiger partial charge >= 0.3 is 0 Å². The Balaban J connectivity index is 1.58. The van der Waals surface area contributed by atoms with Crippen LogP contribution >= 0.6 is 0 Å². The van der Waals surface area contributed by atoms with Gasteiger partial charge in [0, 0.05) is 12.4 Å². The topological polar surface area (TPSA) is 64.2 Å². The maximum absolute atomic E-state index is 12.9. The molecular weight excluding hydrogens is 362 g/mol. The van der Waals surface area contributed by atoms with Crippen LogP contribution in [0.3, 0.4) is 0 Å². The molecule has 3 aromatic heterocycles. The van der Waals surface area contributed by atoms with E-state index in [1.165, 1.54) is 5.56 Å². The third-order valence-electron chi connectivity index (χ3n) is 5.03. The second-order valence-electron chi connectivity index (χ2n) is 7.68. The molecule has 6 nitrogen and oxygen atoms in total. The molecule has 0 unspecified atom stereocenters. The van der Waals surface area contributed by atoms with Crippen LogP contribution < -0.4 is 5.32 Å². The quantitative estimate of drug-likeness (QED) is 0.558. The fourth-order valence-electron chi connectivity index (χ4n) is 3.54. The molecule has 0 atom stereocenters. The lowest BCUT2D eigenvalue weighted by atomic mass is 10.0. The number of nitrogens with one attached hydrogen (secondary N) is 1. The lowest BCUT2D eigenvalue weighted by Gasteiger charge is -2.13. The minimum atomic E-state index is -0.138. The van der Waals surface area contributed by atoms with Gasteiger partial charge in [-0.25, -0.2) is 9.67 Å². The summed E-state index contributed by atoms with van der Waals surface area (Å²) < 4.78 is 3.83. The highest BCUT2D eigenvalue weighted by Crippen LogP contribution is 2.23. The van der Waals surface area contributed by atoms with E-state index < -0.39 is 0 Å². The van der Waals surface area contributed by atoms with Gasteiger partial charge in [0.15, 0.2) is 0 Å². The molecule has 0 spiro atoms. The summed E-state index contributed by atoms with van der Waals surface area (Å²) in [7, 11) is 0. The van der Waals surface area contributed by atoms with Crippen molar-refractivity contribution in [1.29, 1.82) is 0 Å². The number of pyridine rings is 1. The van der Waals surface area contributed by atoms with Crippen LogP contribution in [0.15, 0.2) is 55.0 Å². The minimum absolute atomic E-state index is 0.138. The van der Waals surface area contributed by atoms with Gasteiger partial charge in [0.25, 0.3) is 5.91 Å². The third kappa shape index (κ3) is 3.66. The Morgan fingerprint density at radius 2 is 1.90 bits per heavy atom. The Labute approximate surface area is 170 Å². The summed E-state index contributed by atoms with van der Waals surface area (Å²) in [4.78, 5) is 17.5. The lowest BCUT2D eigenvalue weighted by molar-refractivity contribution is 0.0949. The number of hydrogen-bond donors (Lipinski definition) is 1. The van der Waals surface area contributed by atoms with Gasteiger partial charge in [-0.15, -0.1) is 0 Å². The Morgan fingerprint density at radius 1 is 1.14 bits per heavy atom. The first-order chi connectivity index (χ1) is 13.9. The average Bonchev–Trinajstić information content (AvgIpc) is 3.32. The summed E-state index contributed by atoms with van der Waals surface area (Å²) in [6.45, 7) is 8.59. The number of benzene rings is 1. The molecule has 1 aromatic carbocycles. The molecule has 4 aromatic rings. The summed E-state index contributed by atoms with van der Waals surface area (Å²) in [6, 6.07) is 12.2. The first kappa shape index (κ1) is 18.9. The molecule has 0 aliphatic rings. The van der Waals surface area contributed by atoms with E-state index in [2.05, 4.69) is 36.2 Å². The summed E-state index contributed by atoms with van der Waals surface area (Å²) in [5.74, 6) is 0.0123. The predicted molar refractivity (Wildman–Crippen MR) is 113 cm³/mol. The van der Waals surface area contributed by atoms with Gasteiger partial charge in [0.2, 0.25) is 0 Å². The highest BCUT2D eigenvalue weighted by atomic mass is 16.1. The van der Waals surface area contributed by atoms with Crippen molar-refractivity contribution in [1.82, 2.24) is 24.5 Å². The smallest absolute Gasteiger partial charge is 0.255 e. The van der Waals surface area contributed by atoms with Crippen LogP contribution in [-0.4, -0.2) is 25.1 Å². The molecule has 0 fully saturated rings. The molecule has 3 heterocycles. The number of carbonyl (C=O) groups is 1. The van der Waals surface area contributed by atoms with Gasteiger partial charge < -0.3 is 9.72 Å². The van der Waals surface area contributed by atoms with E-state index in [1.54, 1.807) is 6.20 Å². The molecule has 0 aliphatic heterocycles. The van der Waals surface area contributed by atoms with Gasteiger partial charge in [-0.05, 0) is 43.5 Å². The van der Waals surface area contributed by atoms with E-state index in [1.807, 2.05) is 64.8 Å². The van der Waals surface area contributed by atoms with Crippen molar-refractivity contribution >= 4 is 11.6 Å². The van der Waals surface area contributed by atoms with E-state index in [0.717, 1.165) is 28.3 Å². The number of aryl methyl sites for hydroxylation is 2. The molecule has 0 bridgehead atoms. The summed E-state index contributed by atoms with van der Waals surface area (Å²) in [6.07, 6.45) is 5.56. The monoisotopic (exact) mass is 387 g/mol. The van der Waals surface area contributed by atoms with Gasteiger partial charge in [-0.2, -0.15) is 5.10 Å². The molecular formula is C23H25N5O. The normalized spacial score (nSPS) is 11.3. The van der Waals surface area contributed by atoms with Crippen LogP contribution in [-0.2, 0) is 6.54 Å². The number of fused-ring (bicyclic) bond motifs is 1. The maximum atomic E-state index is 12.9. The Kier molecular flexibility index (Phi) is 4.92. The van der Waals surface area contributed by atoms with Crippen LogP contribution in [0.25, 0.3) is 11.3 Å². The van der Waals surface area contributed by atoms with E-state index in [9.17, 15) is 4.79 Å². The van der Waals surface area contributed by atoms with Crippen molar-refractivity contribution < 1.29 is 4.79 Å². The number of imidazole rings is 1. The SMILES string of the molecule is Cc1ccc(-n2ncc(C(=O)NCc3cn4cccc(C)c4n3)c2C(C)C)cc1. The largest absolute Gasteiger partial charge is 0.346 e. The molecule has 4 rings (SSSR count). The zero-order valence-electron chi connectivity index (χ0n) is 17.2. The first-order valence-corrected chi connectivity index (χ1v) is 9.80. The fourth-order valence-corrected chi connectivity index (χ4v) is 3.54. The number of carbonyl (C=O) groups excluding carboxylic acids is 1. The van der Waals surface area contributed by atoms with E-state index in [0.29, 0.717) is 12.1 Å². The van der Waals surface area contributed by atoms with E-state index >= 15 is 0 Å². The van der Waals surface area contributed by atoms with Crippen LogP contribution in [0.4, 0.5) is 0 Å². The Morgan fingerprint density at radius 3 is 2.59 bits per heavy atom. The maximum Gasteiger partial charge on any atom is 0.255 e. The second kappa shape index (κ2) is 7.54. The highest BCUT2D eigenvalue weighted by molar-refractivity contribution is 5.95. The van der Waals surface area contributed by atoms with Gasteiger partial charge in [0.05, 0.1) is 35.4 Å². The molecule has 1 amide bonds. The van der Waals surface area contributed by atoms with Crippen molar-refractivity contribution in [3.8, 4) is 5.69 Å². The molecule has 148 valence electrons. The van der Waals surface area contributed by atoms with Crippen molar-refractivity contribution in [2.24, 2.45) is 0 Å². The Hall–Kier alpha value is -3.41. The van der Waals surface area contributed by atoms with Crippen molar-refractivity contribution in [3.63, 3.8) is 0 Å². The molecule has 6 heteroatoms. The van der Waals surface area contributed by atoms with Crippen LogP contribution in [0.2, 0.25) is 0 Å².